The molecular weight excluding hydrogens is 166 g/mol. The van der Waals surface area contributed by atoms with Crippen LogP contribution in [0.25, 0.3) is 0 Å². The quantitative estimate of drug-likeness (QED) is 0.641. The van der Waals surface area contributed by atoms with Crippen molar-refractivity contribution >= 4 is 0 Å². The van der Waals surface area contributed by atoms with Crippen LogP contribution in [0, 0.1) is 0 Å². The van der Waals surface area contributed by atoms with Crippen molar-refractivity contribution in [3.8, 4) is 5.75 Å². The van der Waals surface area contributed by atoms with Crippen LogP contribution in [-0.4, -0.2) is 22.4 Å². The molecule has 72 valence electrons. The fraction of sp³-hybridized carbons (Fsp3) is 0.400. The highest BCUT2D eigenvalue weighted by atomic mass is 16.3. The summed E-state index contributed by atoms with van der Waals surface area (Å²) < 4.78 is 0. The van der Waals surface area contributed by atoms with Crippen molar-refractivity contribution in [3.63, 3.8) is 0 Å². The Kier molecular flexibility index (Phi) is 3.28. The highest BCUT2D eigenvalue weighted by molar-refractivity contribution is 5.32. The highest BCUT2D eigenvalue weighted by Gasteiger charge is 2.11. The standard InChI is InChI=1S/C10H15NO2/c1-7(12)9(11)6-8-4-2-3-5-10(8)13/h2-5,7,9,12-13H,6,11H2,1H3. The highest BCUT2D eigenvalue weighted by Crippen LogP contribution is 2.17. The number of hydrogen-bond donors (Lipinski definition) is 3. The molecule has 0 heterocycles. The molecule has 1 aromatic rings. The maximum atomic E-state index is 9.40. The molecule has 0 aromatic heterocycles. The Morgan fingerprint density at radius 2 is 2.00 bits per heavy atom. The lowest BCUT2D eigenvalue weighted by molar-refractivity contribution is 0.163. The number of hydrogen-bond acceptors (Lipinski definition) is 3. The Hall–Kier alpha value is -1.06. The Morgan fingerprint density at radius 3 is 2.54 bits per heavy atom. The third-order valence-corrected chi connectivity index (χ3v) is 2.07. The van der Waals surface area contributed by atoms with Crippen LogP contribution in [0.15, 0.2) is 24.3 Å². The second-order valence-electron chi connectivity index (χ2n) is 3.24. The summed E-state index contributed by atoms with van der Waals surface area (Å²) in [4.78, 5) is 0. The van der Waals surface area contributed by atoms with Gasteiger partial charge < -0.3 is 15.9 Å². The van der Waals surface area contributed by atoms with Gasteiger partial charge >= 0.3 is 0 Å². The average molecular weight is 181 g/mol. The van der Waals surface area contributed by atoms with Gasteiger partial charge in [-0.25, -0.2) is 0 Å². The van der Waals surface area contributed by atoms with E-state index < -0.39 is 6.10 Å². The van der Waals surface area contributed by atoms with Gasteiger partial charge in [-0.3, -0.25) is 0 Å². The summed E-state index contributed by atoms with van der Waals surface area (Å²) in [5.74, 6) is 0.235. The van der Waals surface area contributed by atoms with E-state index in [4.69, 9.17) is 10.8 Å². The molecule has 13 heavy (non-hydrogen) atoms. The molecule has 3 nitrogen and oxygen atoms in total. The lowest BCUT2D eigenvalue weighted by atomic mass is 10.0. The summed E-state index contributed by atoms with van der Waals surface area (Å²) in [6.07, 6.45) is -0.0655. The minimum atomic E-state index is -0.556. The third-order valence-electron chi connectivity index (χ3n) is 2.07. The molecular formula is C10H15NO2. The van der Waals surface area contributed by atoms with Crippen LogP contribution in [0.3, 0.4) is 0 Å². The molecule has 0 fully saturated rings. The van der Waals surface area contributed by atoms with Crippen LogP contribution >= 0.6 is 0 Å². The summed E-state index contributed by atoms with van der Waals surface area (Å²) in [6.45, 7) is 1.64. The number of phenols is 1. The van der Waals surface area contributed by atoms with E-state index in [1.165, 1.54) is 0 Å². The molecule has 0 aliphatic heterocycles. The lowest BCUT2D eigenvalue weighted by Gasteiger charge is -2.14. The first-order chi connectivity index (χ1) is 6.11. The molecule has 1 rings (SSSR count). The second-order valence-corrected chi connectivity index (χ2v) is 3.24. The van der Waals surface area contributed by atoms with E-state index in [1.807, 2.05) is 6.07 Å². The fourth-order valence-corrected chi connectivity index (χ4v) is 1.11. The molecule has 4 N–H and O–H groups in total. The molecule has 0 spiro atoms. The first-order valence-electron chi connectivity index (χ1n) is 4.31. The van der Waals surface area contributed by atoms with Gasteiger partial charge in [0, 0.05) is 6.04 Å². The average Bonchev–Trinajstić information content (AvgIpc) is 2.08. The first kappa shape index (κ1) is 10.0. The molecule has 0 radical (unpaired) electrons. The molecule has 0 aliphatic rings. The Morgan fingerprint density at radius 1 is 1.38 bits per heavy atom. The first-order valence-corrected chi connectivity index (χ1v) is 4.31. The number of phenolic OH excluding ortho intramolecular Hbond substituents is 1. The summed E-state index contributed by atoms with van der Waals surface area (Å²) in [5, 5.41) is 18.6. The normalized spacial score (nSPS) is 15.3. The van der Waals surface area contributed by atoms with Crippen molar-refractivity contribution in [1.29, 1.82) is 0 Å². The van der Waals surface area contributed by atoms with E-state index >= 15 is 0 Å². The van der Waals surface area contributed by atoms with Crippen LogP contribution in [0.1, 0.15) is 12.5 Å². The van der Waals surface area contributed by atoms with Crippen molar-refractivity contribution in [2.75, 3.05) is 0 Å². The van der Waals surface area contributed by atoms with E-state index in [0.717, 1.165) is 5.56 Å². The van der Waals surface area contributed by atoms with Gasteiger partial charge in [-0.05, 0) is 25.0 Å². The molecule has 1 aromatic carbocycles. The van der Waals surface area contributed by atoms with E-state index in [2.05, 4.69) is 0 Å². The van der Waals surface area contributed by atoms with Gasteiger partial charge in [-0.2, -0.15) is 0 Å². The fourth-order valence-electron chi connectivity index (χ4n) is 1.11. The maximum Gasteiger partial charge on any atom is 0.118 e. The zero-order chi connectivity index (χ0) is 9.84. The number of benzene rings is 1. The van der Waals surface area contributed by atoms with E-state index in [1.54, 1.807) is 25.1 Å². The molecule has 2 atom stereocenters. The lowest BCUT2D eigenvalue weighted by Crippen LogP contribution is -2.34. The minimum absolute atomic E-state index is 0.235. The largest absolute Gasteiger partial charge is 0.508 e. The zero-order valence-electron chi connectivity index (χ0n) is 7.64. The topological polar surface area (TPSA) is 66.5 Å². The van der Waals surface area contributed by atoms with Crippen molar-refractivity contribution in [1.82, 2.24) is 0 Å². The van der Waals surface area contributed by atoms with Crippen LogP contribution < -0.4 is 5.73 Å². The SMILES string of the molecule is CC(O)C(N)Cc1ccccc1O. The summed E-state index contributed by atoms with van der Waals surface area (Å²) in [7, 11) is 0. The maximum absolute atomic E-state index is 9.40. The molecule has 3 heteroatoms. The van der Waals surface area contributed by atoms with E-state index in [9.17, 15) is 5.11 Å². The van der Waals surface area contributed by atoms with Gasteiger partial charge in [0.15, 0.2) is 0 Å². The molecule has 0 aliphatic carbocycles. The Bertz CT molecular complexity index is 273. The Labute approximate surface area is 77.8 Å². The van der Waals surface area contributed by atoms with Crippen molar-refractivity contribution in [3.05, 3.63) is 29.8 Å². The third kappa shape index (κ3) is 2.72. The summed E-state index contributed by atoms with van der Waals surface area (Å²) in [6, 6.07) is 6.69. The van der Waals surface area contributed by atoms with E-state index in [-0.39, 0.29) is 11.8 Å². The molecule has 0 saturated heterocycles. The summed E-state index contributed by atoms with van der Waals surface area (Å²) >= 11 is 0. The number of para-hydroxylation sites is 1. The number of nitrogens with two attached hydrogens (primary N) is 1. The van der Waals surface area contributed by atoms with Gasteiger partial charge in [-0.1, -0.05) is 18.2 Å². The number of aliphatic hydroxyl groups is 1. The number of rotatable bonds is 3. The second kappa shape index (κ2) is 4.25. The number of aliphatic hydroxyl groups excluding tert-OH is 1. The number of aromatic hydroxyl groups is 1. The van der Waals surface area contributed by atoms with Gasteiger partial charge in [0.1, 0.15) is 5.75 Å². The van der Waals surface area contributed by atoms with Gasteiger partial charge in [0.25, 0.3) is 0 Å². The van der Waals surface area contributed by atoms with Crippen molar-refractivity contribution in [2.45, 2.75) is 25.5 Å². The summed E-state index contributed by atoms with van der Waals surface area (Å²) in [5.41, 5.74) is 6.43. The predicted molar refractivity (Wildman–Crippen MR) is 51.5 cm³/mol. The minimum Gasteiger partial charge on any atom is -0.508 e. The van der Waals surface area contributed by atoms with Crippen LogP contribution in [0.5, 0.6) is 5.75 Å². The zero-order valence-corrected chi connectivity index (χ0v) is 7.64. The molecule has 0 amide bonds. The Balaban J connectivity index is 2.69. The van der Waals surface area contributed by atoms with Crippen LogP contribution in [0.2, 0.25) is 0 Å². The molecule has 0 saturated carbocycles. The predicted octanol–water partition coefficient (Wildman–Crippen LogP) is 0.643. The van der Waals surface area contributed by atoms with Gasteiger partial charge in [-0.15, -0.1) is 0 Å². The smallest absolute Gasteiger partial charge is 0.118 e. The molecule has 2 unspecified atom stereocenters. The van der Waals surface area contributed by atoms with Gasteiger partial charge in [0.05, 0.1) is 6.10 Å². The van der Waals surface area contributed by atoms with Crippen molar-refractivity contribution < 1.29 is 10.2 Å². The van der Waals surface area contributed by atoms with Crippen LogP contribution in [-0.2, 0) is 6.42 Å². The molecule has 0 bridgehead atoms. The van der Waals surface area contributed by atoms with Gasteiger partial charge in [0.2, 0.25) is 0 Å². The monoisotopic (exact) mass is 181 g/mol. The van der Waals surface area contributed by atoms with E-state index in [0.29, 0.717) is 6.42 Å². The van der Waals surface area contributed by atoms with Crippen molar-refractivity contribution in [2.24, 2.45) is 5.73 Å². The van der Waals surface area contributed by atoms with Crippen LogP contribution in [0.4, 0.5) is 0 Å².